The highest BCUT2D eigenvalue weighted by Crippen LogP contribution is 2.47. The lowest BCUT2D eigenvalue weighted by atomic mass is 9.93. The molecule has 2 aromatic rings. The number of rotatable bonds is 8. The molecule has 2 aromatic carbocycles. The maximum absolute atomic E-state index is 6.34. The van der Waals surface area contributed by atoms with Gasteiger partial charge in [-0.25, -0.2) is 0 Å². The summed E-state index contributed by atoms with van der Waals surface area (Å²) >= 11 is 0. The van der Waals surface area contributed by atoms with Crippen molar-refractivity contribution < 1.29 is 9.47 Å². The average molecular weight is 381 g/mol. The van der Waals surface area contributed by atoms with Crippen LogP contribution in [0.25, 0.3) is 0 Å². The number of nitrogens with two attached hydrogens (primary N) is 1. The highest BCUT2D eigenvalue weighted by Gasteiger charge is 2.46. The van der Waals surface area contributed by atoms with Crippen molar-refractivity contribution in [2.24, 2.45) is 5.73 Å². The van der Waals surface area contributed by atoms with E-state index < -0.39 is 0 Å². The van der Waals surface area contributed by atoms with E-state index in [1.165, 1.54) is 12.0 Å². The second-order valence-corrected chi connectivity index (χ2v) is 8.21. The van der Waals surface area contributed by atoms with Crippen molar-refractivity contribution in [1.82, 2.24) is 4.90 Å². The monoisotopic (exact) mass is 380 g/mol. The van der Waals surface area contributed by atoms with Crippen molar-refractivity contribution in [3.63, 3.8) is 0 Å². The van der Waals surface area contributed by atoms with Crippen LogP contribution in [0.5, 0.6) is 5.75 Å². The minimum Gasteiger partial charge on any atom is -0.491 e. The molecule has 4 heteroatoms. The summed E-state index contributed by atoms with van der Waals surface area (Å²) in [5.41, 5.74) is 7.81. The van der Waals surface area contributed by atoms with Crippen LogP contribution in [-0.4, -0.2) is 49.4 Å². The normalized spacial score (nSPS) is 28.6. The van der Waals surface area contributed by atoms with Crippen LogP contribution in [0, 0.1) is 0 Å². The maximum Gasteiger partial charge on any atom is 0.119 e. The van der Waals surface area contributed by atoms with E-state index in [-0.39, 0.29) is 6.10 Å². The number of piperidine rings is 1. The molecule has 0 bridgehead atoms. The van der Waals surface area contributed by atoms with Gasteiger partial charge in [-0.2, -0.15) is 0 Å². The standard InChI is InChI=1S/C24H32N2O2/c1-27-22(17-28-21-10-6-3-7-11-21)15-20-14-19(25)12-13-26(20)24-16-23(24)18-8-4-2-5-9-18/h2-11,19-20,22-24H,12-17,25H2,1H3. The number of benzene rings is 2. The van der Waals surface area contributed by atoms with E-state index in [2.05, 4.69) is 35.2 Å². The van der Waals surface area contributed by atoms with Gasteiger partial charge in [0.2, 0.25) is 0 Å². The molecule has 2 fully saturated rings. The van der Waals surface area contributed by atoms with Crippen LogP contribution >= 0.6 is 0 Å². The zero-order chi connectivity index (χ0) is 19.3. The van der Waals surface area contributed by atoms with Crippen LogP contribution in [0.3, 0.4) is 0 Å². The van der Waals surface area contributed by atoms with Crippen molar-refractivity contribution in [3.05, 3.63) is 66.2 Å². The van der Waals surface area contributed by atoms with Gasteiger partial charge >= 0.3 is 0 Å². The van der Waals surface area contributed by atoms with E-state index in [9.17, 15) is 0 Å². The Labute approximate surface area is 168 Å². The molecule has 1 saturated heterocycles. The Balaban J connectivity index is 1.37. The van der Waals surface area contributed by atoms with Gasteiger partial charge in [0.15, 0.2) is 0 Å². The number of para-hydroxylation sites is 1. The first-order chi connectivity index (χ1) is 13.7. The second kappa shape index (κ2) is 9.08. The number of hydrogen-bond acceptors (Lipinski definition) is 4. The van der Waals surface area contributed by atoms with Crippen LogP contribution in [0.4, 0.5) is 0 Å². The van der Waals surface area contributed by atoms with Crippen molar-refractivity contribution in [2.45, 2.75) is 55.8 Å². The topological polar surface area (TPSA) is 47.7 Å². The zero-order valence-electron chi connectivity index (χ0n) is 16.7. The summed E-state index contributed by atoms with van der Waals surface area (Å²) in [6.07, 6.45) is 4.44. The average Bonchev–Trinajstić information content (AvgIpc) is 3.53. The minimum absolute atomic E-state index is 0.0759. The molecule has 4 rings (SSSR count). The third kappa shape index (κ3) is 4.75. The molecule has 0 aromatic heterocycles. The lowest BCUT2D eigenvalue weighted by Gasteiger charge is -2.40. The van der Waals surface area contributed by atoms with Gasteiger partial charge in [0.05, 0.1) is 6.10 Å². The summed E-state index contributed by atoms with van der Waals surface area (Å²) in [5.74, 6) is 1.56. The molecule has 0 amide bonds. The number of ether oxygens (including phenoxy) is 2. The molecule has 1 aliphatic carbocycles. The van der Waals surface area contributed by atoms with Crippen LogP contribution in [0.15, 0.2) is 60.7 Å². The van der Waals surface area contributed by atoms with Crippen molar-refractivity contribution in [1.29, 1.82) is 0 Å². The Morgan fingerprint density at radius 3 is 2.46 bits per heavy atom. The third-order valence-corrected chi connectivity index (χ3v) is 6.26. The van der Waals surface area contributed by atoms with E-state index in [1.54, 1.807) is 7.11 Å². The lowest BCUT2D eigenvalue weighted by molar-refractivity contribution is 0.0141. The van der Waals surface area contributed by atoms with E-state index in [0.717, 1.165) is 31.6 Å². The van der Waals surface area contributed by atoms with Crippen molar-refractivity contribution in [2.75, 3.05) is 20.3 Å². The summed E-state index contributed by atoms with van der Waals surface area (Å²) in [4.78, 5) is 2.70. The van der Waals surface area contributed by atoms with Gasteiger partial charge in [0.25, 0.3) is 0 Å². The Bertz CT molecular complexity index is 724. The number of likely N-dealkylation sites (tertiary alicyclic amines) is 1. The summed E-state index contributed by atoms with van der Waals surface area (Å²) in [6.45, 7) is 1.67. The van der Waals surface area contributed by atoms with E-state index in [1.807, 2.05) is 30.3 Å². The molecule has 4 nitrogen and oxygen atoms in total. The van der Waals surface area contributed by atoms with Gasteiger partial charge in [-0.3, -0.25) is 4.90 Å². The first-order valence-electron chi connectivity index (χ1n) is 10.5. The quantitative estimate of drug-likeness (QED) is 0.756. The van der Waals surface area contributed by atoms with Crippen LogP contribution in [0.2, 0.25) is 0 Å². The van der Waals surface area contributed by atoms with Crippen LogP contribution in [0.1, 0.15) is 37.2 Å². The van der Waals surface area contributed by atoms with Gasteiger partial charge in [0, 0.05) is 37.7 Å². The molecule has 1 heterocycles. The third-order valence-electron chi connectivity index (χ3n) is 6.26. The predicted molar refractivity (Wildman–Crippen MR) is 113 cm³/mol. The molecule has 0 spiro atoms. The molecular formula is C24H32N2O2. The molecule has 28 heavy (non-hydrogen) atoms. The van der Waals surface area contributed by atoms with Gasteiger partial charge in [0.1, 0.15) is 12.4 Å². The molecule has 2 aliphatic rings. The Morgan fingerprint density at radius 2 is 1.75 bits per heavy atom. The van der Waals surface area contributed by atoms with Crippen LogP contribution in [-0.2, 0) is 4.74 Å². The first kappa shape index (κ1) is 19.4. The fraction of sp³-hybridized carbons (Fsp3) is 0.500. The van der Waals surface area contributed by atoms with E-state index in [0.29, 0.717) is 30.7 Å². The molecule has 5 atom stereocenters. The Kier molecular flexibility index (Phi) is 6.30. The SMILES string of the molecule is COC(COc1ccccc1)CC1CC(N)CCN1C1CC1c1ccccc1. The van der Waals surface area contributed by atoms with E-state index >= 15 is 0 Å². The van der Waals surface area contributed by atoms with Gasteiger partial charge in [-0.1, -0.05) is 48.5 Å². The summed E-state index contributed by atoms with van der Waals surface area (Å²) in [5, 5.41) is 0. The second-order valence-electron chi connectivity index (χ2n) is 8.21. The Hall–Kier alpha value is -1.88. The number of hydrogen-bond donors (Lipinski definition) is 1. The zero-order valence-corrected chi connectivity index (χ0v) is 16.7. The Morgan fingerprint density at radius 1 is 1.04 bits per heavy atom. The summed E-state index contributed by atoms with van der Waals surface area (Å²) in [7, 11) is 1.79. The van der Waals surface area contributed by atoms with Crippen molar-refractivity contribution in [3.8, 4) is 5.75 Å². The predicted octanol–water partition coefficient (Wildman–Crippen LogP) is 3.82. The first-order valence-corrected chi connectivity index (χ1v) is 10.5. The molecule has 1 saturated carbocycles. The fourth-order valence-corrected chi connectivity index (χ4v) is 4.62. The summed E-state index contributed by atoms with van der Waals surface area (Å²) in [6, 6.07) is 22.3. The number of nitrogens with zero attached hydrogens (tertiary/aromatic N) is 1. The van der Waals surface area contributed by atoms with Gasteiger partial charge in [-0.05, 0) is 43.4 Å². The molecule has 150 valence electrons. The highest BCUT2D eigenvalue weighted by atomic mass is 16.5. The molecular weight excluding hydrogens is 348 g/mol. The van der Waals surface area contributed by atoms with Gasteiger partial charge in [-0.15, -0.1) is 0 Å². The maximum atomic E-state index is 6.34. The fourth-order valence-electron chi connectivity index (χ4n) is 4.62. The molecule has 1 aliphatic heterocycles. The molecule has 2 N–H and O–H groups in total. The number of methoxy groups -OCH3 is 1. The molecule has 0 radical (unpaired) electrons. The van der Waals surface area contributed by atoms with Gasteiger partial charge < -0.3 is 15.2 Å². The van der Waals surface area contributed by atoms with E-state index in [4.69, 9.17) is 15.2 Å². The van der Waals surface area contributed by atoms with Crippen LogP contribution < -0.4 is 10.5 Å². The summed E-state index contributed by atoms with van der Waals surface area (Å²) < 4.78 is 11.7. The minimum atomic E-state index is 0.0759. The van der Waals surface area contributed by atoms with Crippen molar-refractivity contribution >= 4 is 0 Å². The highest BCUT2D eigenvalue weighted by molar-refractivity contribution is 5.28. The molecule has 5 unspecified atom stereocenters. The smallest absolute Gasteiger partial charge is 0.119 e. The largest absolute Gasteiger partial charge is 0.491 e. The lowest BCUT2D eigenvalue weighted by Crippen LogP contribution is -2.50.